The number of anilines is 1. The molecular weight excluding hydrogens is 234 g/mol. The number of nitrogens with zero attached hydrogens (tertiary/aromatic N) is 1. The number of nitrogens with one attached hydrogen (secondary N) is 2. The van der Waals surface area contributed by atoms with Gasteiger partial charge in [-0.15, -0.1) is 0 Å². The summed E-state index contributed by atoms with van der Waals surface area (Å²) in [7, 11) is 0. The molecule has 0 unspecified atom stereocenters. The van der Waals surface area contributed by atoms with Crippen LogP contribution in [0, 0.1) is 0 Å². The molecule has 19 heavy (non-hydrogen) atoms. The maximum absolute atomic E-state index is 3.69. The van der Waals surface area contributed by atoms with Crippen molar-refractivity contribution in [3.63, 3.8) is 0 Å². The minimum absolute atomic E-state index is 0.642. The van der Waals surface area contributed by atoms with Crippen molar-refractivity contribution in [1.82, 2.24) is 10.2 Å². The Bertz CT molecular complexity index is 393. The van der Waals surface area contributed by atoms with Crippen molar-refractivity contribution in [2.24, 2.45) is 0 Å². The lowest BCUT2D eigenvalue weighted by Crippen LogP contribution is -2.35. The molecule has 1 aromatic carbocycles. The summed E-state index contributed by atoms with van der Waals surface area (Å²) >= 11 is 0. The van der Waals surface area contributed by atoms with Gasteiger partial charge in [0.2, 0.25) is 0 Å². The van der Waals surface area contributed by atoms with Gasteiger partial charge >= 0.3 is 0 Å². The summed E-state index contributed by atoms with van der Waals surface area (Å²) in [6.45, 7) is 5.94. The van der Waals surface area contributed by atoms with E-state index in [1.54, 1.807) is 0 Å². The highest BCUT2D eigenvalue weighted by molar-refractivity contribution is 5.46. The zero-order valence-corrected chi connectivity index (χ0v) is 11.7. The lowest BCUT2D eigenvalue weighted by Gasteiger charge is -2.25. The van der Waals surface area contributed by atoms with E-state index < -0.39 is 0 Å². The smallest absolute Gasteiger partial charge is 0.0345 e. The minimum Gasteiger partial charge on any atom is -0.382 e. The molecule has 3 heteroatoms. The Hall–Kier alpha value is -1.06. The second kappa shape index (κ2) is 6.40. The fourth-order valence-electron chi connectivity index (χ4n) is 3.16. The molecule has 0 aromatic heterocycles. The summed E-state index contributed by atoms with van der Waals surface area (Å²) in [5.41, 5.74) is 2.74. The molecule has 104 valence electrons. The van der Waals surface area contributed by atoms with Gasteiger partial charge < -0.3 is 10.6 Å². The molecule has 0 saturated carbocycles. The molecule has 2 fully saturated rings. The van der Waals surface area contributed by atoms with Crippen LogP contribution in [0.5, 0.6) is 0 Å². The summed E-state index contributed by atoms with van der Waals surface area (Å²) < 4.78 is 0. The molecular formula is C16H25N3. The number of benzene rings is 1. The van der Waals surface area contributed by atoms with Crippen molar-refractivity contribution in [3.8, 4) is 0 Å². The van der Waals surface area contributed by atoms with Crippen molar-refractivity contribution in [1.29, 1.82) is 0 Å². The number of rotatable bonds is 4. The Morgan fingerprint density at radius 2 is 1.95 bits per heavy atom. The molecule has 0 aliphatic carbocycles. The van der Waals surface area contributed by atoms with Gasteiger partial charge in [-0.25, -0.2) is 0 Å². The zero-order chi connectivity index (χ0) is 12.9. The Labute approximate surface area is 116 Å². The van der Waals surface area contributed by atoms with E-state index in [4.69, 9.17) is 0 Å². The fraction of sp³-hybridized carbons (Fsp3) is 0.625. The first-order valence-corrected chi connectivity index (χ1v) is 7.69. The Balaban J connectivity index is 1.58. The van der Waals surface area contributed by atoms with Crippen LogP contribution in [-0.4, -0.2) is 37.1 Å². The summed E-state index contributed by atoms with van der Waals surface area (Å²) in [5, 5.41) is 7.10. The predicted molar refractivity (Wildman–Crippen MR) is 80.5 cm³/mol. The Morgan fingerprint density at radius 1 is 1.16 bits per heavy atom. The van der Waals surface area contributed by atoms with Gasteiger partial charge in [0.1, 0.15) is 0 Å². The van der Waals surface area contributed by atoms with Crippen molar-refractivity contribution in [3.05, 3.63) is 29.8 Å². The van der Waals surface area contributed by atoms with Crippen LogP contribution >= 0.6 is 0 Å². The predicted octanol–water partition coefficient (Wildman–Crippen LogP) is 2.45. The molecule has 2 N–H and O–H groups in total. The van der Waals surface area contributed by atoms with E-state index >= 15 is 0 Å². The van der Waals surface area contributed by atoms with E-state index in [1.807, 2.05) is 0 Å². The van der Waals surface area contributed by atoms with Crippen LogP contribution in [-0.2, 0) is 6.54 Å². The normalized spacial score (nSPS) is 21.7. The molecule has 3 nitrogen and oxygen atoms in total. The SMILES string of the molecule is c1cc(CN2CCCC2)cc(NC2CCNCC2)c1. The molecule has 2 saturated heterocycles. The third-order valence-corrected chi connectivity index (χ3v) is 4.24. The van der Waals surface area contributed by atoms with Crippen molar-refractivity contribution in [2.75, 3.05) is 31.5 Å². The summed E-state index contributed by atoms with van der Waals surface area (Å²) in [5.74, 6) is 0. The van der Waals surface area contributed by atoms with Crippen LogP contribution in [0.1, 0.15) is 31.2 Å². The highest BCUT2D eigenvalue weighted by Crippen LogP contribution is 2.18. The fourth-order valence-corrected chi connectivity index (χ4v) is 3.16. The van der Waals surface area contributed by atoms with Gasteiger partial charge in [0.05, 0.1) is 0 Å². The molecule has 0 amide bonds. The topological polar surface area (TPSA) is 27.3 Å². The Morgan fingerprint density at radius 3 is 2.74 bits per heavy atom. The van der Waals surface area contributed by atoms with Crippen molar-refractivity contribution >= 4 is 5.69 Å². The average Bonchev–Trinajstić information content (AvgIpc) is 2.93. The quantitative estimate of drug-likeness (QED) is 0.869. The molecule has 2 aliphatic heterocycles. The lowest BCUT2D eigenvalue weighted by molar-refractivity contribution is 0.331. The van der Waals surface area contributed by atoms with Crippen molar-refractivity contribution in [2.45, 2.75) is 38.3 Å². The number of piperidine rings is 1. The van der Waals surface area contributed by atoms with Gasteiger partial charge in [-0.2, -0.15) is 0 Å². The van der Waals surface area contributed by atoms with E-state index in [9.17, 15) is 0 Å². The highest BCUT2D eigenvalue weighted by atomic mass is 15.1. The van der Waals surface area contributed by atoms with Crippen molar-refractivity contribution < 1.29 is 0 Å². The number of likely N-dealkylation sites (tertiary alicyclic amines) is 1. The third kappa shape index (κ3) is 3.71. The first kappa shape index (κ1) is 12.9. The molecule has 0 spiro atoms. The Kier molecular flexibility index (Phi) is 4.36. The van der Waals surface area contributed by atoms with Crippen LogP contribution in [0.4, 0.5) is 5.69 Å². The second-order valence-electron chi connectivity index (χ2n) is 5.85. The van der Waals surface area contributed by atoms with Gasteiger partial charge in [-0.3, -0.25) is 4.90 Å². The standard InChI is InChI=1S/C16H25N3/c1-2-11-19(10-1)13-14-4-3-5-16(12-14)18-15-6-8-17-9-7-15/h3-5,12,15,17-18H,1-2,6-11,13H2. The van der Waals surface area contributed by atoms with Gasteiger partial charge in [0, 0.05) is 18.3 Å². The maximum atomic E-state index is 3.69. The van der Waals surface area contributed by atoms with Crippen LogP contribution in [0.25, 0.3) is 0 Å². The van der Waals surface area contributed by atoms with Crippen LogP contribution in [0.2, 0.25) is 0 Å². The monoisotopic (exact) mass is 259 g/mol. The molecule has 2 heterocycles. The number of hydrogen-bond donors (Lipinski definition) is 2. The van der Waals surface area contributed by atoms with E-state index in [-0.39, 0.29) is 0 Å². The molecule has 0 atom stereocenters. The molecule has 0 bridgehead atoms. The zero-order valence-electron chi connectivity index (χ0n) is 11.7. The largest absolute Gasteiger partial charge is 0.382 e. The number of hydrogen-bond acceptors (Lipinski definition) is 3. The summed E-state index contributed by atoms with van der Waals surface area (Å²) in [6, 6.07) is 9.62. The second-order valence-corrected chi connectivity index (χ2v) is 5.85. The molecule has 0 radical (unpaired) electrons. The highest BCUT2D eigenvalue weighted by Gasteiger charge is 2.14. The van der Waals surface area contributed by atoms with Crippen LogP contribution < -0.4 is 10.6 Å². The van der Waals surface area contributed by atoms with Crippen LogP contribution in [0.15, 0.2) is 24.3 Å². The lowest BCUT2D eigenvalue weighted by atomic mass is 10.1. The maximum Gasteiger partial charge on any atom is 0.0345 e. The average molecular weight is 259 g/mol. The van der Waals surface area contributed by atoms with E-state index in [0.717, 1.165) is 19.6 Å². The van der Waals surface area contributed by atoms with Gasteiger partial charge in [0.25, 0.3) is 0 Å². The van der Waals surface area contributed by atoms with E-state index in [2.05, 4.69) is 39.8 Å². The van der Waals surface area contributed by atoms with E-state index in [1.165, 1.54) is 50.0 Å². The third-order valence-electron chi connectivity index (χ3n) is 4.24. The molecule has 3 rings (SSSR count). The first-order valence-electron chi connectivity index (χ1n) is 7.69. The minimum atomic E-state index is 0.642. The van der Waals surface area contributed by atoms with Gasteiger partial charge in [-0.1, -0.05) is 12.1 Å². The molecule has 1 aromatic rings. The summed E-state index contributed by atoms with van der Waals surface area (Å²) in [6.07, 6.45) is 5.20. The van der Waals surface area contributed by atoms with Gasteiger partial charge in [-0.05, 0) is 69.6 Å². The van der Waals surface area contributed by atoms with Crippen LogP contribution in [0.3, 0.4) is 0 Å². The molecule has 2 aliphatic rings. The first-order chi connectivity index (χ1) is 9.40. The van der Waals surface area contributed by atoms with Gasteiger partial charge in [0.15, 0.2) is 0 Å². The summed E-state index contributed by atoms with van der Waals surface area (Å²) in [4.78, 5) is 2.56. The van der Waals surface area contributed by atoms with E-state index in [0.29, 0.717) is 6.04 Å².